The van der Waals surface area contributed by atoms with E-state index in [0.29, 0.717) is 12.5 Å². The third kappa shape index (κ3) is 3.29. The molecule has 0 atom stereocenters. The molecule has 5 nitrogen and oxygen atoms in total. The highest BCUT2D eigenvalue weighted by Gasteiger charge is 2.12. The van der Waals surface area contributed by atoms with Crippen LogP contribution in [-0.2, 0) is 0 Å². The Morgan fingerprint density at radius 2 is 2.06 bits per heavy atom. The second-order valence-corrected chi connectivity index (χ2v) is 5.08. The highest BCUT2D eigenvalue weighted by atomic mass is 32.1. The summed E-state index contributed by atoms with van der Waals surface area (Å²) in [5.74, 6) is 0.384. The molecule has 1 aromatic heterocycles. The summed E-state index contributed by atoms with van der Waals surface area (Å²) in [6.45, 7) is 0.717. The van der Waals surface area contributed by atoms with Gasteiger partial charge in [0, 0.05) is 12.8 Å². The molecular formula is C12H17N3O2S. The van der Waals surface area contributed by atoms with Crippen molar-refractivity contribution in [2.24, 2.45) is 10.9 Å². The zero-order chi connectivity index (χ0) is 13.0. The van der Waals surface area contributed by atoms with Gasteiger partial charge in [0.15, 0.2) is 4.77 Å². The summed E-state index contributed by atoms with van der Waals surface area (Å²) in [6, 6.07) is 0. The first-order chi connectivity index (χ1) is 8.66. The second kappa shape index (κ2) is 5.95. The van der Waals surface area contributed by atoms with Crippen molar-refractivity contribution in [1.29, 1.82) is 0 Å². The predicted molar refractivity (Wildman–Crippen MR) is 72.9 cm³/mol. The maximum atomic E-state index is 11.5. The summed E-state index contributed by atoms with van der Waals surface area (Å²) in [6.07, 6.45) is 7.69. The average Bonchev–Trinajstić information content (AvgIpc) is 2.34. The average molecular weight is 267 g/mol. The van der Waals surface area contributed by atoms with Gasteiger partial charge in [-0.05, 0) is 31.0 Å². The highest BCUT2D eigenvalue weighted by Crippen LogP contribution is 2.23. The summed E-state index contributed by atoms with van der Waals surface area (Å²) in [7, 11) is 0. The lowest BCUT2D eigenvalue weighted by Gasteiger charge is -2.19. The van der Waals surface area contributed by atoms with Gasteiger partial charge in [0.1, 0.15) is 5.56 Å². The third-order valence-electron chi connectivity index (χ3n) is 3.27. The first-order valence-electron chi connectivity index (χ1n) is 6.22. The van der Waals surface area contributed by atoms with E-state index in [-0.39, 0.29) is 16.2 Å². The smallest absolute Gasteiger partial charge is 0.264 e. The van der Waals surface area contributed by atoms with Crippen LogP contribution in [0, 0.1) is 10.7 Å². The number of H-pyrrole nitrogens is 2. The zero-order valence-corrected chi connectivity index (χ0v) is 10.9. The molecule has 0 radical (unpaired) electrons. The van der Waals surface area contributed by atoms with Gasteiger partial charge in [-0.2, -0.15) is 0 Å². The lowest BCUT2D eigenvalue weighted by atomic mass is 9.89. The Hall–Kier alpha value is -1.43. The van der Waals surface area contributed by atoms with Crippen LogP contribution in [0.2, 0.25) is 0 Å². The number of aromatic amines is 2. The lowest BCUT2D eigenvalue weighted by molar-refractivity contribution is 0.367. The van der Waals surface area contributed by atoms with E-state index in [1.807, 2.05) is 0 Å². The van der Waals surface area contributed by atoms with Crippen molar-refractivity contribution in [2.75, 3.05) is 6.54 Å². The van der Waals surface area contributed by atoms with Crippen LogP contribution in [0.25, 0.3) is 0 Å². The molecule has 6 heteroatoms. The van der Waals surface area contributed by atoms with E-state index in [2.05, 4.69) is 15.0 Å². The maximum absolute atomic E-state index is 11.5. The minimum Gasteiger partial charge on any atom is -0.494 e. The molecule has 0 spiro atoms. The third-order valence-corrected chi connectivity index (χ3v) is 3.47. The fraction of sp³-hybridized carbons (Fsp3) is 0.583. The SMILES string of the molecule is O=c1[nH]c(=S)[nH]c(O)c1C=NCC1CCCCC1. The van der Waals surface area contributed by atoms with Gasteiger partial charge in [0.05, 0.1) is 0 Å². The summed E-state index contributed by atoms with van der Waals surface area (Å²) in [4.78, 5) is 20.7. The monoisotopic (exact) mass is 267 g/mol. The Morgan fingerprint density at radius 3 is 2.72 bits per heavy atom. The number of nitrogens with one attached hydrogen (secondary N) is 2. The van der Waals surface area contributed by atoms with Gasteiger partial charge in [-0.3, -0.25) is 14.8 Å². The Bertz CT molecular complexity index is 541. The predicted octanol–water partition coefficient (Wildman–Crippen LogP) is 2.14. The van der Waals surface area contributed by atoms with Crippen molar-refractivity contribution in [1.82, 2.24) is 9.97 Å². The van der Waals surface area contributed by atoms with Crippen LogP contribution < -0.4 is 5.56 Å². The molecule has 0 saturated heterocycles. The minimum atomic E-state index is -0.413. The molecule has 1 heterocycles. The Morgan fingerprint density at radius 1 is 1.33 bits per heavy atom. The Balaban J connectivity index is 2.04. The van der Waals surface area contributed by atoms with E-state index >= 15 is 0 Å². The fourth-order valence-corrected chi connectivity index (χ4v) is 2.46. The first-order valence-corrected chi connectivity index (χ1v) is 6.63. The molecule has 0 unspecified atom stereocenters. The molecule has 0 bridgehead atoms. The molecule has 1 fully saturated rings. The van der Waals surface area contributed by atoms with Crippen LogP contribution in [0.3, 0.4) is 0 Å². The molecule has 0 amide bonds. The van der Waals surface area contributed by atoms with Crippen molar-refractivity contribution < 1.29 is 5.11 Å². The lowest BCUT2D eigenvalue weighted by Crippen LogP contribution is -2.14. The summed E-state index contributed by atoms with van der Waals surface area (Å²) >= 11 is 4.75. The Labute approximate surface area is 110 Å². The first kappa shape index (κ1) is 13.0. The van der Waals surface area contributed by atoms with E-state index in [1.165, 1.54) is 38.3 Å². The van der Waals surface area contributed by atoms with Crippen molar-refractivity contribution in [3.63, 3.8) is 0 Å². The van der Waals surface area contributed by atoms with Crippen LogP contribution >= 0.6 is 12.2 Å². The van der Waals surface area contributed by atoms with E-state index < -0.39 is 5.56 Å². The van der Waals surface area contributed by atoms with E-state index in [4.69, 9.17) is 12.2 Å². The topological polar surface area (TPSA) is 81.2 Å². The maximum Gasteiger partial charge on any atom is 0.264 e. The fourth-order valence-electron chi connectivity index (χ4n) is 2.27. The number of aromatic hydroxyl groups is 1. The van der Waals surface area contributed by atoms with Crippen LogP contribution in [0.4, 0.5) is 0 Å². The number of nitrogens with zero attached hydrogens (tertiary/aromatic N) is 1. The van der Waals surface area contributed by atoms with Gasteiger partial charge in [0.2, 0.25) is 5.88 Å². The summed E-state index contributed by atoms with van der Waals surface area (Å²) in [5, 5.41) is 9.58. The number of rotatable bonds is 3. The van der Waals surface area contributed by atoms with Crippen LogP contribution in [0.5, 0.6) is 5.88 Å². The van der Waals surface area contributed by atoms with Crippen molar-refractivity contribution >= 4 is 18.4 Å². The van der Waals surface area contributed by atoms with Crippen LogP contribution in [-0.4, -0.2) is 27.8 Å². The zero-order valence-electron chi connectivity index (χ0n) is 10.1. The molecule has 1 saturated carbocycles. The molecular weight excluding hydrogens is 250 g/mol. The van der Waals surface area contributed by atoms with E-state index in [0.717, 1.165) is 0 Å². The quantitative estimate of drug-likeness (QED) is 0.579. The van der Waals surface area contributed by atoms with Crippen molar-refractivity contribution in [2.45, 2.75) is 32.1 Å². The summed E-state index contributed by atoms with van der Waals surface area (Å²) in [5.41, 5.74) is -0.275. The highest BCUT2D eigenvalue weighted by molar-refractivity contribution is 7.71. The molecule has 18 heavy (non-hydrogen) atoms. The van der Waals surface area contributed by atoms with Crippen molar-refractivity contribution in [3.8, 4) is 5.88 Å². The van der Waals surface area contributed by atoms with Gasteiger partial charge in [0.25, 0.3) is 5.56 Å². The molecule has 3 N–H and O–H groups in total. The number of aliphatic imine (C=N–C) groups is 1. The molecule has 0 aliphatic heterocycles. The Kier molecular flexibility index (Phi) is 4.30. The second-order valence-electron chi connectivity index (χ2n) is 4.67. The number of hydrogen-bond acceptors (Lipinski definition) is 4. The van der Waals surface area contributed by atoms with Crippen LogP contribution in [0.1, 0.15) is 37.7 Å². The summed E-state index contributed by atoms with van der Waals surface area (Å²) < 4.78 is 0.113. The number of aromatic nitrogens is 2. The van der Waals surface area contributed by atoms with Gasteiger partial charge >= 0.3 is 0 Å². The molecule has 2 rings (SSSR count). The van der Waals surface area contributed by atoms with Crippen LogP contribution in [0.15, 0.2) is 9.79 Å². The van der Waals surface area contributed by atoms with Gasteiger partial charge in [-0.25, -0.2) is 0 Å². The standard InChI is InChI=1S/C12H17N3O2S/c16-10-9(11(17)15-12(18)14-10)7-13-6-8-4-2-1-3-5-8/h7-8H,1-6H2,(H3,14,15,16,17,18). The molecule has 0 aromatic carbocycles. The minimum absolute atomic E-state index is 0.113. The largest absolute Gasteiger partial charge is 0.494 e. The van der Waals surface area contributed by atoms with E-state index in [1.54, 1.807) is 0 Å². The van der Waals surface area contributed by atoms with Gasteiger partial charge in [-0.15, -0.1) is 0 Å². The molecule has 98 valence electrons. The molecule has 1 aliphatic carbocycles. The van der Waals surface area contributed by atoms with Crippen molar-refractivity contribution in [3.05, 3.63) is 20.7 Å². The van der Waals surface area contributed by atoms with Gasteiger partial charge < -0.3 is 10.1 Å². The molecule has 1 aliphatic rings. The molecule has 1 aromatic rings. The van der Waals surface area contributed by atoms with E-state index in [9.17, 15) is 9.90 Å². The normalized spacial score (nSPS) is 17.3. The van der Waals surface area contributed by atoms with Gasteiger partial charge in [-0.1, -0.05) is 19.3 Å². The number of hydrogen-bond donors (Lipinski definition) is 3.